The van der Waals surface area contributed by atoms with Crippen molar-refractivity contribution in [3.8, 4) is 0 Å². The number of rotatable bonds is 3. The van der Waals surface area contributed by atoms with Crippen molar-refractivity contribution in [2.45, 2.75) is 32.3 Å². The third-order valence-electron chi connectivity index (χ3n) is 2.27. The molecule has 0 aliphatic heterocycles. The van der Waals surface area contributed by atoms with E-state index in [1.165, 1.54) is 0 Å². The topological polar surface area (TPSA) is 20.2 Å². The van der Waals surface area contributed by atoms with Gasteiger partial charge in [0.1, 0.15) is 0 Å². The quantitative estimate of drug-likeness (QED) is 0.868. The van der Waals surface area contributed by atoms with E-state index in [0.29, 0.717) is 0 Å². The van der Waals surface area contributed by atoms with Crippen molar-refractivity contribution in [1.29, 1.82) is 0 Å². The monoisotopic (exact) mass is 248 g/mol. The van der Waals surface area contributed by atoms with Gasteiger partial charge < -0.3 is 5.11 Å². The summed E-state index contributed by atoms with van der Waals surface area (Å²) in [5.41, 5.74) is 0.409. The molecule has 0 fully saturated rings. The first-order valence-corrected chi connectivity index (χ1v) is 5.76. The highest BCUT2D eigenvalue weighted by molar-refractivity contribution is 9.11. The SMILES string of the molecule is CCC(O)(CC)c1csc(Br)c1. The van der Waals surface area contributed by atoms with Gasteiger partial charge in [-0.1, -0.05) is 13.8 Å². The molecule has 3 heteroatoms. The van der Waals surface area contributed by atoms with E-state index in [-0.39, 0.29) is 0 Å². The second-order valence-corrected chi connectivity index (χ2v) is 5.17. The smallest absolute Gasteiger partial charge is 0.0899 e. The molecule has 68 valence electrons. The Bertz CT molecular complexity index is 253. The summed E-state index contributed by atoms with van der Waals surface area (Å²) in [7, 11) is 0. The van der Waals surface area contributed by atoms with E-state index in [0.717, 1.165) is 22.2 Å². The summed E-state index contributed by atoms with van der Waals surface area (Å²) < 4.78 is 1.08. The van der Waals surface area contributed by atoms with Crippen LogP contribution in [0.15, 0.2) is 15.2 Å². The summed E-state index contributed by atoms with van der Waals surface area (Å²) in [6.45, 7) is 4.02. The average Bonchev–Trinajstić information content (AvgIpc) is 2.51. The molecule has 0 amide bonds. The summed E-state index contributed by atoms with van der Waals surface area (Å²) in [6, 6.07) is 2.00. The lowest BCUT2D eigenvalue weighted by molar-refractivity contribution is 0.0288. The molecular formula is C9H13BrOS. The summed E-state index contributed by atoms with van der Waals surface area (Å²) in [6.07, 6.45) is 1.54. The van der Waals surface area contributed by atoms with Gasteiger partial charge in [-0.3, -0.25) is 0 Å². The molecule has 1 nitrogen and oxygen atoms in total. The predicted octanol–water partition coefficient (Wildman–Crippen LogP) is 3.52. The van der Waals surface area contributed by atoms with Crippen molar-refractivity contribution in [3.05, 3.63) is 20.8 Å². The van der Waals surface area contributed by atoms with Gasteiger partial charge in [-0.05, 0) is 45.8 Å². The Hall–Kier alpha value is 0.140. The molecule has 1 rings (SSSR count). The molecule has 0 bridgehead atoms. The number of hydrogen-bond donors (Lipinski definition) is 1. The zero-order chi connectivity index (χ0) is 9.19. The molecule has 12 heavy (non-hydrogen) atoms. The van der Waals surface area contributed by atoms with Gasteiger partial charge in [0.05, 0.1) is 9.39 Å². The van der Waals surface area contributed by atoms with Crippen molar-refractivity contribution in [1.82, 2.24) is 0 Å². The molecule has 0 unspecified atom stereocenters. The van der Waals surface area contributed by atoms with E-state index in [9.17, 15) is 5.11 Å². The molecule has 0 aliphatic rings. The Morgan fingerprint density at radius 3 is 2.42 bits per heavy atom. The van der Waals surface area contributed by atoms with Gasteiger partial charge in [0.15, 0.2) is 0 Å². The minimum absolute atomic E-state index is 0.622. The molecule has 0 saturated carbocycles. The highest BCUT2D eigenvalue weighted by Crippen LogP contribution is 2.33. The summed E-state index contributed by atoms with van der Waals surface area (Å²) in [4.78, 5) is 0. The van der Waals surface area contributed by atoms with E-state index in [2.05, 4.69) is 15.9 Å². The van der Waals surface area contributed by atoms with E-state index in [1.807, 2.05) is 25.3 Å². The Kier molecular flexibility index (Phi) is 3.32. The van der Waals surface area contributed by atoms with Crippen LogP contribution in [0, 0.1) is 0 Å². The van der Waals surface area contributed by atoms with E-state index < -0.39 is 5.60 Å². The molecule has 1 heterocycles. The van der Waals surface area contributed by atoms with Crippen molar-refractivity contribution in [2.24, 2.45) is 0 Å². The number of thiophene rings is 1. The van der Waals surface area contributed by atoms with Gasteiger partial charge >= 0.3 is 0 Å². The Balaban J connectivity index is 2.94. The van der Waals surface area contributed by atoms with Crippen molar-refractivity contribution < 1.29 is 5.11 Å². The van der Waals surface area contributed by atoms with Crippen LogP contribution < -0.4 is 0 Å². The number of halogens is 1. The molecule has 1 aromatic rings. The molecule has 0 saturated heterocycles. The fraction of sp³-hybridized carbons (Fsp3) is 0.556. The van der Waals surface area contributed by atoms with Gasteiger partial charge in [0, 0.05) is 0 Å². The fourth-order valence-electron chi connectivity index (χ4n) is 1.21. The fourth-order valence-corrected chi connectivity index (χ4v) is 2.46. The first-order chi connectivity index (χ1) is 5.62. The van der Waals surface area contributed by atoms with Crippen molar-refractivity contribution in [2.75, 3.05) is 0 Å². The normalized spacial score (nSPS) is 12.0. The lowest BCUT2D eigenvalue weighted by Gasteiger charge is -2.23. The van der Waals surface area contributed by atoms with Crippen LogP contribution in [0.5, 0.6) is 0 Å². The maximum Gasteiger partial charge on any atom is 0.0899 e. The number of aliphatic hydroxyl groups is 1. The van der Waals surface area contributed by atoms with Crippen LogP contribution in [0.1, 0.15) is 32.3 Å². The van der Waals surface area contributed by atoms with Crippen LogP contribution in [0.2, 0.25) is 0 Å². The van der Waals surface area contributed by atoms with Crippen LogP contribution in [-0.4, -0.2) is 5.11 Å². The van der Waals surface area contributed by atoms with Gasteiger partial charge in [0.2, 0.25) is 0 Å². The van der Waals surface area contributed by atoms with E-state index in [1.54, 1.807) is 11.3 Å². The highest BCUT2D eigenvalue weighted by atomic mass is 79.9. The minimum Gasteiger partial charge on any atom is -0.385 e. The minimum atomic E-state index is -0.622. The maximum atomic E-state index is 10.1. The van der Waals surface area contributed by atoms with Crippen LogP contribution in [0.3, 0.4) is 0 Å². The molecule has 1 N–H and O–H groups in total. The van der Waals surface area contributed by atoms with Crippen molar-refractivity contribution >= 4 is 27.3 Å². The lowest BCUT2D eigenvalue weighted by Crippen LogP contribution is -2.22. The van der Waals surface area contributed by atoms with Gasteiger partial charge in [0.25, 0.3) is 0 Å². The highest BCUT2D eigenvalue weighted by Gasteiger charge is 2.25. The first kappa shape index (κ1) is 10.2. The van der Waals surface area contributed by atoms with Gasteiger partial charge in [-0.2, -0.15) is 0 Å². The zero-order valence-electron chi connectivity index (χ0n) is 7.30. The molecule has 1 aromatic heterocycles. The zero-order valence-corrected chi connectivity index (χ0v) is 9.70. The molecule has 0 atom stereocenters. The van der Waals surface area contributed by atoms with Crippen molar-refractivity contribution in [3.63, 3.8) is 0 Å². The second kappa shape index (κ2) is 3.90. The Labute approximate surface area is 85.6 Å². The van der Waals surface area contributed by atoms with Gasteiger partial charge in [-0.25, -0.2) is 0 Å². The molecule has 0 spiro atoms. The Morgan fingerprint density at radius 2 is 2.08 bits per heavy atom. The maximum absolute atomic E-state index is 10.1. The predicted molar refractivity (Wildman–Crippen MR) is 56.5 cm³/mol. The van der Waals surface area contributed by atoms with Crippen LogP contribution in [0.25, 0.3) is 0 Å². The molecular weight excluding hydrogens is 236 g/mol. The van der Waals surface area contributed by atoms with Crippen LogP contribution in [0.4, 0.5) is 0 Å². The molecule has 0 aliphatic carbocycles. The third kappa shape index (κ3) is 1.90. The van der Waals surface area contributed by atoms with Crippen LogP contribution in [-0.2, 0) is 5.60 Å². The van der Waals surface area contributed by atoms with Crippen LogP contribution >= 0.6 is 27.3 Å². The summed E-state index contributed by atoms with van der Waals surface area (Å²) in [5, 5.41) is 12.1. The lowest BCUT2D eigenvalue weighted by atomic mass is 9.91. The second-order valence-electron chi connectivity index (χ2n) is 2.88. The number of hydrogen-bond acceptors (Lipinski definition) is 2. The standard InChI is InChI=1S/C9H13BrOS/c1-3-9(11,4-2)7-5-8(10)12-6-7/h5-6,11H,3-4H2,1-2H3. The third-order valence-corrected chi connectivity index (χ3v) is 3.78. The van der Waals surface area contributed by atoms with E-state index >= 15 is 0 Å². The molecule has 0 radical (unpaired) electrons. The summed E-state index contributed by atoms with van der Waals surface area (Å²) in [5.74, 6) is 0. The largest absolute Gasteiger partial charge is 0.385 e. The summed E-state index contributed by atoms with van der Waals surface area (Å²) >= 11 is 5.01. The average molecular weight is 249 g/mol. The molecule has 0 aromatic carbocycles. The Morgan fingerprint density at radius 1 is 1.50 bits per heavy atom. The first-order valence-electron chi connectivity index (χ1n) is 4.09. The van der Waals surface area contributed by atoms with E-state index in [4.69, 9.17) is 0 Å². The van der Waals surface area contributed by atoms with Gasteiger partial charge in [-0.15, -0.1) is 11.3 Å².